The summed E-state index contributed by atoms with van der Waals surface area (Å²) in [6.07, 6.45) is 1.87. The van der Waals surface area contributed by atoms with Crippen LogP contribution in [0.2, 0.25) is 0 Å². The van der Waals surface area contributed by atoms with Gasteiger partial charge in [-0.25, -0.2) is 0 Å². The lowest BCUT2D eigenvalue weighted by molar-refractivity contribution is -0.132. The number of carbonyl (C=O) groups excluding carboxylic acids is 1. The third-order valence-corrected chi connectivity index (χ3v) is 4.03. The van der Waals surface area contributed by atoms with E-state index < -0.39 is 0 Å². The average Bonchev–Trinajstić information content (AvgIpc) is 2.27. The number of nitrogens with zero attached hydrogens (tertiary/aromatic N) is 1. The summed E-state index contributed by atoms with van der Waals surface area (Å²) in [5.74, 6) is 1.19. The zero-order valence-electron chi connectivity index (χ0n) is 9.44. The van der Waals surface area contributed by atoms with Gasteiger partial charge in [-0.2, -0.15) is 11.8 Å². The van der Waals surface area contributed by atoms with E-state index >= 15 is 0 Å². The Morgan fingerprint density at radius 3 is 2.80 bits per heavy atom. The average molecular weight is 253 g/mol. The van der Waals surface area contributed by atoms with Gasteiger partial charge in [-0.15, -0.1) is 12.4 Å². The Labute approximate surface area is 103 Å². The zero-order chi connectivity index (χ0) is 10.6. The summed E-state index contributed by atoms with van der Waals surface area (Å²) in [6.45, 7) is 5.88. The van der Waals surface area contributed by atoms with Gasteiger partial charge in [0.15, 0.2) is 0 Å². The van der Waals surface area contributed by atoms with Crippen molar-refractivity contribution in [3.05, 3.63) is 0 Å². The van der Waals surface area contributed by atoms with Gasteiger partial charge in [0.2, 0.25) is 5.91 Å². The van der Waals surface area contributed by atoms with Gasteiger partial charge in [-0.05, 0) is 12.8 Å². The molecule has 0 aliphatic carbocycles. The van der Waals surface area contributed by atoms with Crippen molar-refractivity contribution in [2.75, 3.05) is 18.8 Å². The molecule has 0 bridgehead atoms. The number of nitrogens with two attached hydrogens (primary N) is 1. The fourth-order valence-electron chi connectivity index (χ4n) is 1.58. The molecule has 1 unspecified atom stereocenters. The van der Waals surface area contributed by atoms with Crippen molar-refractivity contribution in [2.45, 2.75) is 38.0 Å². The number of hydrogen-bond acceptors (Lipinski definition) is 3. The summed E-state index contributed by atoms with van der Waals surface area (Å²) in [6, 6.07) is -0.296. The molecule has 0 spiro atoms. The number of rotatable bonds is 3. The van der Waals surface area contributed by atoms with E-state index in [2.05, 4.69) is 6.92 Å². The molecule has 90 valence electrons. The van der Waals surface area contributed by atoms with Crippen LogP contribution in [0.15, 0.2) is 0 Å². The molecule has 1 saturated heterocycles. The Morgan fingerprint density at radius 2 is 2.27 bits per heavy atom. The first kappa shape index (κ1) is 15.1. The fourth-order valence-corrected chi connectivity index (χ4v) is 2.76. The molecular weight excluding hydrogens is 232 g/mol. The van der Waals surface area contributed by atoms with Crippen LogP contribution in [0.5, 0.6) is 0 Å². The Balaban J connectivity index is 0.00000196. The van der Waals surface area contributed by atoms with E-state index in [-0.39, 0.29) is 24.4 Å². The second-order valence-electron chi connectivity index (χ2n) is 3.70. The fraction of sp³-hybridized carbons (Fsp3) is 0.900. The molecule has 5 heteroatoms. The molecule has 1 rings (SSSR count). The van der Waals surface area contributed by atoms with Crippen LogP contribution in [0, 0.1) is 0 Å². The predicted molar refractivity (Wildman–Crippen MR) is 68.6 cm³/mol. The third-order valence-electron chi connectivity index (χ3n) is 2.66. The van der Waals surface area contributed by atoms with Crippen LogP contribution >= 0.6 is 24.2 Å². The van der Waals surface area contributed by atoms with E-state index in [1.165, 1.54) is 0 Å². The molecule has 1 fully saturated rings. The third kappa shape index (κ3) is 4.21. The van der Waals surface area contributed by atoms with E-state index in [9.17, 15) is 4.79 Å². The molecule has 0 aromatic rings. The van der Waals surface area contributed by atoms with Gasteiger partial charge < -0.3 is 10.6 Å². The SMILES string of the molecule is CCC1CN(C(=O)[C@@H](N)CC)CCS1.Cl. The van der Waals surface area contributed by atoms with Crippen LogP contribution in [-0.4, -0.2) is 40.9 Å². The molecule has 2 atom stereocenters. The highest BCUT2D eigenvalue weighted by Crippen LogP contribution is 2.21. The summed E-state index contributed by atoms with van der Waals surface area (Å²) in [7, 11) is 0. The lowest BCUT2D eigenvalue weighted by Crippen LogP contribution is -2.48. The molecule has 1 heterocycles. The largest absolute Gasteiger partial charge is 0.339 e. The summed E-state index contributed by atoms with van der Waals surface area (Å²) < 4.78 is 0. The van der Waals surface area contributed by atoms with E-state index in [1.807, 2.05) is 23.6 Å². The maximum Gasteiger partial charge on any atom is 0.239 e. The number of carbonyl (C=O) groups is 1. The van der Waals surface area contributed by atoms with Gasteiger partial charge in [0.25, 0.3) is 0 Å². The monoisotopic (exact) mass is 252 g/mol. The van der Waals surface area contributed by atoms with Crippen molar-refractivity contribution in [2.24, 2.45) is 5.73 Å². The second kappa shape index (κ2) is 7.36. The number of halogens is 1. The Morgan fingerprint density at radius 1 is 1.60 bits per heavy atom. The number of amides is 1. The minimum atomic E-state index is -0.296. The standard InChI is InChI=1S/C10H20N2OS.ClH/c1-3-8-7-12(5-6-14-8)10(13)9(11)4-2;/h8-9H,3-7,11H2,1-2H3;1H/t8?,9-;/m0./s1. The highest BCUT2D eigenvalue weighted by Gasteiger charge is 2.25. The van der Waals surface area contributed by atoms with Crippen LogP contribution < -0.4 is 5.73 Å². The molecule has 1 amide bonds. The molecule has 0 saturated carbocycles. The lowest BCUT2D eigenvalue weighted by Gasteiger charge is -2.33. The first-order chi connectivity index (χ1) is 6.69. The van der Waals surface area contributed by atoms with Gasteiger partial charge in [-0.3, -0.25) is 4.79 Å². The van der Waals surface area contributed by atoms with E-state index in [0.717, 1.165) is 31.7 Å². The summed E-state index contributed by atoms with van der Waals surface area (Å²) in [5.41, 5.74) is 5.74. The second-order valence-corrected chi connectivity index (χ2v) is 5.11. The Kier molecular flexibility index (Phi) is 7.40. The summed E-state index contributed by atoms with van der Waals surface area (Å²) >= 11 is 1.97. The molecule has 0 aromatic carbocycles. The molecule has 3 nitrogen and oxygen atoms in total. The molecule has 1 aliphatic rings. The van der Waals surface area contributed by atoms with Gasteiger partial charge in [0, 0.05) is 24.1 Å². The predicted octanol–water partition coefficient (Wildman–Crippen LogP) is 1.50. The number of hydrogen-bond donors (Lipinski definition) is 1. The van der Waals surface area contributed by atoms with Crippen LogP contribution in [0.25, 0.3) is 0 Å². The minimum Gasteiger partial charge on any atom is -0.339 e. The van der Waals surface area contributed by atoms with Gasteiger partial charge >= 0.3 is 0 Å². The van der Waals surface area contributed by atoms with Gasteiger partial charge in [0.05, 0.1) is 6.04 Å². The van der Waals surface area contributed by atoms with E-state index in [0.29, 0.717) is 5.25 Å². The van der Waals surface area contributed by atoms with Crippen LogP contribution in [0.4, 0.5) is 0 Å². The highest BCUT2D eigenvalue weighted by molar-refractivity contribution is 8.00. The Bertz CT molecular complexity index is 204. The van der Waals surface area contributed by atoms with Crippen molar-refractivity contribution in [1.82, 2.24) is 4.90 Å². The van der Waals surface area contributed by atoms with Crippen LogP contribution in [0.1, 0.15) is 26.7 Å². The normalized spacial score (nSPS) is 23.1. The van der Waals surface area contributed by atoms with Crippen molar-refractivity contribution in [1.29, 1.82) is 0 Å². The number of thioether (sulfide) groups is 1. The van der Waals surface area contributed by atoms with E-state index in [1.54, 1.807) is 0 Å². The van der Waals surface area contributed by atoms with E-state index in [4.69, 9.17) is 5.73 Å². The maximum absolute atomic E-state index is 11.8. The maximum atomic E-state index is 11.8. The Hall–Kier alpha value is 0.0700. The van der Waals surface area contributed by atoms with Crippen molar-refractivity contribution < 1.29 is 4.79 Å². The molecule has 1 aliphatic heterocycles. The van der Waals surface area contributed by atoms with Gasteiger partial charge in [0.1, 0.15) is 0 Å². The van der Waals surface area contributed by atoms with Crippen LogP contribution in [0.3, 0.4) is 0 Å². The van der Waals surface area contributed by atoms with Gasteiger partial charge in [-0.1, -0.05) is 13.8 Å². The molecule has 15 heavy (non-hydrogen) atoms. The quantitative estimate of drug-likeness (QED) is 0.828. The van der Waals surface area contributed by atoms with Crippen molar-refractivity contribution >= 4 is 30.1 Å². The van der Waals surface area contributed by atoms with Crippen molar-refractivity contribution in [3.63, 3.8) is 0 Å². The van der Waals surface area contributed by atoms with Crippen molar-refractivity contribution in [3.8, 4) is 0 Å². The molecular formula is C10H21ClN2OS. The molecule has 2 N–H and O–H groups in total. The first-order valence-electron chi connectivity index (χ1n) is 5.35. The first-order valence-corrected chi connectivity index (χ1v) is 6.39. The summed E-state index contributed by atoms with van der Waals surface area (Å²) in [4.78, 5) is 13.7. The van der Waals surface area contributed by atoms with Crippen LogP contribution in [-0.2, 0) is 4.79 Å². The highest BCUT2D eigenvalue weighted by atomic mass is 35.5. The smallest absolute Gasteiger partial charge is 0.239 e. The molecule has 0 aromatic heterocycles. The lowest BCUT2D eigenvalue weighted by atomic mass is 10.2. The minimum absolute atomic E-state index is 0. The zero-order valence-corrected chi connectivity index (χ0v) is 11.1. The molecule has 0 radical (unpaired) electrons. The topological polar surface area (TPSA) is 46.3 Å². The summed E-state index contributed by atoms with van der Waals surface area (Å²) in [5, 5.41) is 0.608.